The molecule has 0 saturated carbocycles. The number of nitrogens with zero attached hydrogens (tertiary/aromatic N) is 1. The molecule has 0 aliphatic carbocycles. The summed E-state index contributed by atoms with van der Waals surface area (Å²) in [4.78, 5) is 10.0. The van der Waals surface area contributed by atoms with Crippen LogP contribution in [-0.2, 0) is 6.42 Å². The van der Waals surface area contributed by atoms with Crippen molar-refractivity contribution in [2.75, 3.05) is 0 Å². The predicted molar refractivity (Wildman–Crippen MR) is 62.3 cm³/mol. The molecule has 1 rings (SSSR count). The first-order chi connectivity index (χ1) is 7.54. The highest BCUT2D eigenvalue weighted by Gasteiger charge is 2.13. The second-order valence-corrected chi connectivity index (χ2v) is 4.08. The minimum Gasteiger partial charge on any atom is -0.393 e. The summed E-state index contributed by atoms with van der Waals surface area (Å²) in [5.74, 6) is 0.246. The Morgan fingerprint density at radius 3 is 2.38 bits per heavy atom. The van der Waals surface area contributed by atoms with Crippen molar-refractivity contribution >= 4 is 5.69 Å². The van der Waals surface area contributed by atoms with E-state index in [1.807, 2.05) is 13.8 Å². The topological polar surface area (TPSA) is 63.4 Å². The molecule has 0 spiro atoms. The van der Waals surface area contributed by atoms with Crippen LogP contribution in [0.25, 0.3) is 0 Å². The average Bonchev–Trinajstić information content (AvgIpc) is 2.28. The Balaban J connectivity index is 2.65. The summed E-state index contributed by atoms with van der Waals surface area (Å²) in [5.41, 5.74) is 1.01. The van der Waals surface area contributed by atoms with E-state index in [9.17, 15) is 15.2 Å². The second-order valence-electron chi connectivity index (χ2n) is 4.08. The summed E-state index contributed by atoms with van der Waals surface area (Å²) >= 11 is 0. The standard InChI is InChI=1S/C12H17NO3/c1-3-9(2)12(14)8-10-4-6-11(7-5-10)13(15)16/h4-7,9,12,14H,3,8H2,1-2H3. The summed E-state index contributed by atoms with van der Waals surface area (Å²) < 4.78 is 0. The number of aliphatic hydroxyl groups excluding tert-OH is 1. The van der Waals surface area contributed by atoms with Gasteiger partial charge >= 0.3 is 0 Å². The third-order valence-electron chi connectivity index (χ3n) is 2.89. The number of hydrogen-bond donors (Lipinski definition) is 1. The monoisotopic (exact) mass is 223 g/mol. The number of aliphatic hydroxyl groups is 1. The van der Waals surface area contributed by atoms with Crippen LogP contribution in [0.4, 0.5) is 5.69 Å². The Labute approximate surface area is 95.1 Å². The van der Waals surface area contributed by atoms with Crippen LogP contribution in [0.2, 0.25) is 0 Å². The Kier molecular flexibility index (Phi) is 4.43. The number of non-ortho nitro benzene ring substituents is 1. The lowest BCUT2D eigenvalue weighted by atomic mass is 9.96. The molecule has 1 aromatic rings. The van der Waals surface area contributed by atoms with Gasteiger partial charge < -0.3 is 5.11 Å². The van der Waals surface area contributed by atoms with Gasteiger partial charge in [0.05, 0.1) is 11.0 Å². The van der Waals surface area contributed by atoms with Crippen molar-refractivity contribution < 1.29 is 10.0 Å². The first-order valence-corrected chi connectivity index (χ1v) is 5.46. The number of hydrogen-bond acceptors (Lipinski definition) is 3. The molecule has 0 aromatic heterocycles. The van der Waals surface area contributed by atoms with E-state index in [0.717, 1.165) is 12.0 Å². The van der Waals surface area contributed by atoms with E-state index in [1.165, 1.54) is 12.1 Å². The van der Waals surface area contributed by atoms with Crippen molar-refractivity contribution in [3.05, 3.63) is 39.9 Å². The van der Waals surface area contributed by atoms with Gasteiger partial charge in [0.2, 0.25) is 0 Å². The summed E-state index contributed by atoms with van der Waals surface area (Å²) in [6, 6.07) is 6.34. The molecule has 0 amide bonds. The normalized spacial score (nSPS) is 14.4. The molecule has 1 aromatic carbocycles. The van der Waals surface area contributed by atoms with Gasteiger partial charge in [0.1, 0.15) is 0 Å². The van der Waals surface area contributed by atoms with Gasteiger partial charge in [-0.1, -0.05) is 32.4 Å². The minimum atomic E-state index is -0.422. The van der Waals surface area contributed by atoms with Gasteiger partial charge in [-0.3, -0.25) is 10.1 Å². The molecule has 0 saturated heterocycles. The van der Waals surface area contributed by atoms with Gasteiger partial charge in [-0.25, -0.2) is 0 Å². The molecule has 2 atom stereocenters. The van der Waals surface area contributed by atoms with Crippen molar-refractivity contribution in [3.8, 4) is 0 Å². The first-order valence-electron chi connectivity index (χ1n) is 5.46. The van der Waals surface area contributed by atoms with Crippen LogP contribution in [0.3, 0.4) is 0 Å². The fourth-order valence-corrected chi connectivity index (χ4v) is 1.47. The summed E-state index contributed by atoms with van der Waals surface area (Å²) in [5, 5.41) is 20.3. The van der Waals surface area contributed by atoms with E-state index < -0.39 is 4.92 Å². The average molecular weight is 223 g/mol. The van der Waals surface area contributed by atoms with Gasteiger partial charge in [-0.15, -0.1) is 0 Å². The van der Waals surface area contributed by atoms with E-state index in [0.29, 0.717) is 6.42 Å². The lowest BCUT2D eigenvalue weighted by molar-refractivity contribution is -0.384. The highest BCUT2D eigenvalue weighted by Crippen LogP contribution is 2.16. The van der Waals surface area contributed by atoms with Crippen molar-refractivity contribution in [3.63, 3.8) is 0 Å². The van der Waals surface area contributed by atoms with E-state index in [2.05, 4.69) is 0 Å². The highest BCUT2D eigenvalue weighted by atomic mass is 16.6. The van der Waals surface area contributed by atoms with Crippen LogP contribution in [0, 0.1) is 16.0 Å². The van der Waals surface area contributed by atoms with Crippen LogP contribution < -0.4 is 0 Å². The maximum Gasteiger partial charge on any atom is 0.269 e. The third-order valence-corrected chi connectivity index (χ3v) is 2.89. The highest BCUT2D eigenvalue weighted by molar-refractivity contribution is 5.33. The van der Waals surface area contributed by atoms with Crippen LogP contribution in [0.1, 0.15) is 25.8 Å². The predicted octanol–water partition coefficient (Wildman–Crippen LogP) is 2.54. The molecule has 0 heterocycles. The van der Waals surface area contributed by atoms with Crippen LogP contribution in [-0.4, -0.2) is 16.1 Å². The van der Waals surface area contributed by atoms with Gasteiger partial charge in [0.25, 0.3) is 5.69 Å². The molecule has 16 heavy (non-hydrogen) atoms. The smallest absolute Gasteiger partial charge is 0.269 e. The zero-order chi connectivity index (χ0) is 12.1. The zero-order valence-corrected chi connectivity index (χ0v) is 9.59. The van der Waals surface area contributed by atoms with Crippen molar-refractivity contribution in [1.29, 1.82) is 0 Å². The maximum atomic E-state index is 10.4. The number of rotatable bonds is 5. The lowest BCUT2D eigenvalue weighted by Gasteiger charge is -2.16. The Morgan fingerprint density at radius 1 is 1.38 bits per heavy atom. The largest absolute Gasteiger partial charge is 0.393 e. The lowest BCUT2D eigenvalue weighted by Crippen LogP contribution is -2.19. The minimum absolute atomic E-state index is 0.0850. The third kappa shape index (κ3) is 3.31. The molecule has 4 nitrogen and oxygen atoms in total. The number of nitro groups is 1. The molecular weight excluding hydrogens is 206 g/mol. The van der Waals surface area contributed by atoms with Crippen LogP contribution >= 0.6 is 0 Å². The van der Waals surface area contributed by atoms with Crippen LogP contribution in [0.5, 0.6) is 0 Å². The van der Waals surface area contributed by atoms with Crippen molar-refractivity contribution in [1.82, 2.24) is 0 Å². The molecule has 2 unspecified atom stereocenters. The zero-order valence-electron chi connectivity index (χ0n) is 9.59. The summed E-state index contributed by atoms with van der Waals surface area (Å²) in [6.45, 7) is 4.03. The van der Waals surface area contributed by atoms with Gasteiger partial charge in [0, 0.05) is 12.1 Å². The molecule has 0 bridgehead atoms. The molecule has 4 heteroatoms. The van der Waals surface area contributed by atoms with Gasteiger partial charge in [-0.05, 0) is 17.9 Å². The van der Waals surface area contributed by atoms with Crippen molar-refractivity contribution in [2.45, 2.75) is 32.8 Å². The first kappa shape index (κ1) is 12.6. The van der Waals surface area contributed by atoms with E-state index in [4.69, 9.17) is 0 Å². The van der Waals surface area contributed by atoms with Crippen LogP contribution in [0.15, 0.2) is 24.3 Å². The van der Waals surface area contributed by atoms with Gasteiger partial charge in [0.15, 0.2) is 0 Å². The molecule has 1 N–H and O–H groups in total. The maximum absolute atomic E-state index is 10.4. The molecule has 0 aliphatic rings. The number of benzene rings is 1. The molecule has 0 fully saturated rings. The van der Waals surface area contributed by atoms with Crippen molar-refractivity contribution in [2.24, 2.45) is 5.92 Å². The Hall–Kier alpha value is -1.42. The molecular formula is C12H17NO3. The summed E-state index contributed by atoms with van der Waals surface area (Å²) in [6.07, 6.45) is 1.09. The SMILES string of the molecule is CCC(C)C(O)Cc1ccc([N+](=O)[O-])cc1. The quantitative estimate of drug-likeness (QED) is 0.616. The fourth-order valence-electron chi connectivity index (χ4n) is 1.47. The molecule has 88 valence electrons. The molecule has 0 aliphatic heterocycles. The van der Waals surface area contributed by atoms with E-state index in [-0.39, 0.29) is 17.7 Å². The van der Waals surface area contributed by atoms with E-state index >= 15 is 0 Å². The number of nitro benzene ring substituents is 1. The summed E-state index contributed by atoms with van der Waals surface area (Å²) in [7, 11) is 0. The van der Waals surface area contributed by atoms with E-state index in [1.54, 1.807) is 12.1 Å². The fraction of sp³-hybridized carbons (Fsp3) is 0.500. The van der Waals surface area contributed by atoms with Gasteiger partial charge in [-0.2, -0.15) is 0 Å². The second kappa shape index (κ2) is 5.61. The Morgan fingerprint density at radius 2 is 1.94 bits per heavy atom. The Bertz CT molecular complexity index is 348. The molecule has 0 radical (unpaired) electrons.